The number of nitriles is 1. The van der Waals surface area contributed by atoms with Crippen molar-refractivity contribution in [1.29, 1.82) is 5.26 Å². The molecule has 194 valence electrons. The summed E-state index contributed by atoms with van der Waals surface area (Å²) in [6, 6.07) is 17.7. The van der Waals surface area contributed by atoms with Crippen molar-refractivity contribution in [2.24, 2.45) is 24.3 Å². The van der Waals surface area contributed by atoms with Gasteiger partial charge in [-0.25, -0.2) is 9.67 Å². The second-order valence-electron chi connectivity index (χ2n) is 8.66. The molecule has 2 amide bonds. The van der Waals surface area contributed by atoms with Crippen LogP contribution in [-0.2, 0) is 23.7 Å². The Morgan fingerprint density at radius 3 is 2.23 bits per heavy atom. The first-order valence-corrected chi connectivity index (χ1v) is 11.7. The number of nitrogens with one attached hydrogen (secondary N) is 1. The Kier molecular flexibility index (Phi) is 6.21. The lowest BCUT2D eigenvalue weighted by atomic mass is 10.1. The maximum absolute atomic E-state index is 13.2. The van der Waals surface area contributed by atoms with Crippen LogP contribution in [0.5, 0.6) is 0 Å². The van der Waals surface area contributed by atoms with Gasteiger partial charge in [-0.15, -0.1) is 5.11 Å². The van der Waals surface area contributed by atoms with E-state index in [-0.39, 0.29) is 22.9 Å². The van der Waals surface area contributed by atoms with Gasteiger partial charge in [0, 0.05) is 19.7 Å². The minimum Gasteiger partial charge on any atom is -0.283 e. The lowest BCUT2D eigenvalue weighted by Crippen LogP contribution is -2.41. The highest BCUT2D eigenvalue weighted by molar-refractivity contribution is 6.17. The van der Waals surface area contributed by atoms with Crippen molar-refractivity contribution >= 4 is 23.5 Å². The Labute approximate surface area is 220 Å². The van der Waals surface area contributed by atoms with E-state index >= 15 is 0 Å². The summed E-state index contributed by atoms with van der Waals surface area (Å²) in [6.07, 6.45) is 0. The van der Waals surface area contributed by atoms with Gasteiger partial charge < -0.3 is 0 Å². The van der Waals surface area contributed by atoms with Gasteiger partial charge in [0.25, 0.3) is 22.9 Å². The van der Waals surface area contributed by atoms with Crippen molar-refractivity contribution in [3.8, 4) is 23.0 Å². The summed E-state index contributed by atoms with van der Waals surface area (Å²) in [5.41, 5.74) is 2.56. The van der Waals surface area contributed by atoms with Crippen LogP contribution in [0.15, 0.2) is 80.5 Å². The van der Waals surface area contributed by atoms with Crippen LogP contribution in [0, 0.1) is 18.3 Å². The van der Waals surface area contributed by atoms with Crippen LogP contribution in [0.3, 0.4) is 0 Å². The highest BCUT2D eigenvalue weighted by atomic mass is 16.2. The molecule has 5 rings (SSSR count). The Morgan fingerprint density at radius 2 is 1.59 bits per heavy atom. The second-order valence-corrected chi connectivity index (χ2v) is 8.66. The van der Waals surface area contributed by atoms with E-state index in [1.54, 1.807) is 73.3 Å². The van der Waals surface area contributed by atoms with E-state index in [1.807, 2.05) is 12.1 Å². The normalized spacial score (nSPS) is 15.1. The van der Waals surface area contributed by atoms with Crippen LogP contribution in [-0.4, -0.2) is 36.8 Å². The van der Waals surface area contributed by atoms with Gasteiger partial charge in [0.1, 0.15) is 11.6 Å². The van der Waals surface area contributed by atoms with Crippen LogP contribution in [0.4, 0.5) is 11.6 Å². The Hall–Kier alpha value is -5.64. The summed E-state index contributed by atoms with van der Waals surface area (Å²) >= 11 is 0. The molecule has 0 saturated carbocycles. The van der Waals surface area contributed by atoms with E-state index in [2.05, 4.69) is 20.6 Å². The van der Waals surface area contributed by atoms with Crippen LogP contribution in [0.1, 0.15) is 11.3 Å². The van der Waals surface area contributed by atoms with Crippen molar-refractivity contribution in [3.63, 3.8) is 0 Å². The third kappa shape index (κ3) is 4.09. The minimum absolute atomic E-state index is 0.0318. The second kappa shape index (κ2) is 9.67. The van der Waals surface area contributed by atoms with Crippen molar-refractivity contribution < 1.29 is 9.59 Å². The van der Waals surface area contributed by atoms with Crippen LogP contribution in [0.2, 0.25) is 0 Å². The molecule has 1 saturated heterocycles. The number of carbonyl (C=O) groups excluding carboxylic acids is 2. The average molecular weight is 524 g/mol. The number of aromatic nitrogens is 4. The molecule has 2 aromatic heterocycles. The first kappa shape index (κ1) is 25.0. The van der Waals surface area contributed by atoms with Gasteiger partial charge in [-0.2, -0.15) is 15.4 Å². The zero-order chi connectivity index (χ0) is 27.8. The fraction of sp³-hybridized carbons (Fsp3) is 0.154. The molecular formula is C26H21N9O4. The van der Waals surface area contributed by atoms with Crippen molar-refractivity contribution in [1.82, 2.24) is 24.3 Å². The topological polar surface area (TPSA) is 160 Å². The number of rotatable bonds is 5. The molecule has 13 heteroatoms. The van der Waals surface area contributed by atoms with E-state index in [9.17, 15) is 24.4 Å². The van der Waals surface area contributed by atoms with Crippen molar-refractivity contribution in [2.45, 2.75) is 13.0 Å². The first-order chi connectivity index (χ1) is 18.7. The van der Waals surface area contributed by atoms with Gasteiger partial charge >= 0.3 is 0 Å². The van der Waals surface area contributed by atoms with Gasteiger partial charge in [-0.1, -0.05) is 48.5 Å². The number of anilines is 1. The van der Waals surface area contributed by atoms with Crippen LogP contribution < -0.4 is 21.6 Å². The number of carbonyl (C=O) groups is 2. The molecule has 1 N–H and O–H groups in total. The SMILES string of the molecule is Cc1c(N=NC2C(=O)NN(c3nc(-c4ccccc4)c(C#N)c(=O)n3C)C2=O)c(=O)n(-c2ccccc2)n1C. The van der Waals surface area contributed by atoms with E-state index in [1.165, 1.54) is 11.7 Å². The summed E-state index contributed by atoms with van der Waals surface area (Å²) < 4.78 is 3.98. The maximum atomic E-state index is 13.2. The van der Waals surface area contributed by atoms with E-state index in [0.717, 1.165) is 9.58 Å². The molecule has 4 aromatic rings. The summed E-state index contributed by atoms with van der Waals surface area (Å²) in [5, 5.41) is 18.3. The number of para-hydroxylation sites is 1. The molecule has 0 aliphatic carbocycles. The van der Waals surface area contributed by atoms with Crippen LogP contribution >= 0.6 is 0 Å². The predicted octanol–water partition coefficient (Wildman–Crippen LogP) is 1.65. The average Bonchev–Trinajstić information content (AvgIpc) is 3.34. The van der Waals surface area contributed by atoms with Crippen LogP contribution in [0.25, 0.3) is 16.9 Å². The Morgan fingerprint density at radius 1 is 0.949 bits per heavy atom. The molecule has 0 radical (unpaired) electrons. The fourth-order valence-corrected chi connectivity index (χ4v) is 4.19. The monoisotopic (exact) mass is 523 g/mol. The lowest BCUT2D eigenvalue weighted by Gasteiger charge is -2.18. The molecular weight excluding hydrogens is 502 g/mol. The number of hydrogen-bond donors (Lipinski definition) is 1. The van der Waals surface area contributed by atoms with E-state index in [0.29, 0.717) is 16.9 Å². The smallest absolute Gasteiger partial charge is 0.283 e. The summed E-state index contributed by atoms with van der Waals surface area (Å²) in [6.45, 7) is 1.67. The largest absolute Gasteiger partial charge is 0.299 e. The zero-order valence-corrected chi connectivity index (χ0v) is 21.1. The standard InChI is InChI=1S/C26H21N9O4/c1-15-19(25(39)35(33(15)3)17-12-8-5-9-13-17)29-30-21-22(36)31-34(24(21)38)26-28-20(16-10-6-4-7-11-16)18(14-27)23(37)32(26)2/h4-13,21H,1-3H3,(H,31,36). The highest BCUT2D eigenvalue weighted by Crippen LogP contribution is 2.24. The van der Waals surface area contributed by atoms with Gasteiger partial charge in [0.15, 0.2) is 5.69 Å². The van der Waals surface area contributed by atoms with E-state index < -0.39 is 29.0 Å². The van der Waals surface area contributed by atoms with Crippen molar-refractivity contribution in [3.05, 3.63) is 92.6 Å². The first-order valence-electron chi connectivity index (χ1n) is 11.7. The zero-order valence-electron chi connectivity index (χ0n) is 21.1. The summed E-state index contributed by atoms with van der Waals surface area (Å²) in [4.78, 5) is 56.4. The molecule has 13 nitrogen and oxygen atoms in total. The van der Waals surface area contributed by atoms with Gasteiger partial charge in [0.05, 0.1) is 17.1 Å². The minimum atomic E-state index is -1.62. The molecule has 1 unspecified atom stereocenters. The number of azo groups is 1. The van der Waals surface area contributed by atoms with E-state index in [4.69, 9.17) is 0 Å². The molecule has 1 atom stereocenters. The third-order valence-corrected chi connectivity index (χ3v) is 6.35. The fourth-order valence-electron chi connectivity index (χ4n) is 4.19. The Bertz CT molecular complexity index is 1810. The quantitative estimate of drug-likeness (QED) is 0.309. The molecule has 0 bridgehead atoms. The number of nitrogens with zero attached hydrogens (tertiary/aromatic N) is 8. The third-order valence-electron chi connectivity index (χ3n) is 6.35. The molecule has 1 fully saturated rings. The van der Waals surface area contributed by atoms with Crippen molar-refractivity contribution in [2.75, 3.05) is 5.01 Å². The predicted molar refractivity (Wildman–Crippen MR) is 139 cm³/mol. The molecule has 39 heavy (non-hydrogen) atoms. The van der Waals surface area contributed by atoms with Gasteiger partial charge in [-0.3, -0.25) is 33.9 Å². The number of benzene rings is 2. The summed E-state index contributed by atoms with van der Waals surface area (Å²) in [5.74, 6) is -1.89. The number of hydrogen-bond acceptors (Lipinski definition) is 8. The molecule has 2 aromatic carbocycles. The molecule has 1 aliphatic rings. The summed E-state index contributed by atoms with van der Waals surface area (Å²) in [7, 11) is 3.01. The van der Waals surface area contributed by atoms with Gasteiger partial charge in [0.2, 0.25) is 12.0 Å². The lowest BCUT2D eigenvalue weighted by molar-refractivity contribution is -0.124. The molecule has 3 heterocycles. The molecule has 1 aliphatic heterocycles. The molecule has 0 spiro atoms. The maximum Gasteiger partial charge on any atom is 0.299 e. The van der Waals surface area contributed by atoms with Gasteiger partial charge in [-0.05, 0) is 19.1 Å². The number of amides is 2. The highest BCUT2D eigenvalue weighted by Gasteiger charge is 2.43. The Balaban J connectivity index is 1.52. The number of hydrazine groups is 1.